The third-order valence-corrected chi connectivity index (χ3v) is 4.52. The Kier molecular flexibility index (Phi) is 9.99. The van der Waals surface area contributed by atoms with Gasteiger partial charge >= 0.3 is 0 Å². The topological polar surface area (TPSA) is 50.8 Å². The molecular weight excluding hydrogens is 352 g/mol. The van der Waals surface area contributed by atoms with Crippen LogP contribution in [0, 0.1) is 6.92 Å². The number of ketones is 1. The number of Topliss-reactive ketones (excluding diaryl/α,β-unsaturated/α-hetero) is 1. The Morgan fingerprint density at radius 1 is 1.19 bits per heavy atom. The molecule has 0 aromatic heterocycles. The number of aryl methyl sites for hydroxylation is 1. The minimum Gasteiger partial charge on any atom is -0.490 e. The van der Waals surface area contributed by atoms with Crippen molar-refractivity contribution in [1.29, 1.82) is 0 Å². The summed E-state index contributed by atoms with van der Waals surface area (Å²) in [6, 6.07) is 3.66. The van der Waals surface area contributed by atoms with E-state index in [9.17, 15) is 4.79 Å². The highest BCUT2D eigenvalue weighted by molar-refractivity contribution is 6.01. The van der Waals surface area contributed by atoms with Gasteiger partial charge in [0.25, 0.3) is 0 Å². The third kappa shape index (κ3) is 5.86. The lowest BCUT2D eigenvalue weighted by Gasteiger charge is -2.32. The van der Waals surface area contributed by atoms with Crippen molar-refractivity contribution in [1.82, 2.24) is 10.2 Å². The monoisotopic (exact) mass is 384 g/mol. The zero-order chi connectivity index (χ0) is 18.2. The fourth-order valence-electron chi connectivity index (χ4n) is 3.01. The number of carbonyl (C=O) groups excluding carboxylic acids is 1. The molecule has 0 aliphatic carbocycles. The van der Waals surface area contributed by atoms with Crippen molar-refractivity contribution in [3.63, 3.8) is 0 Å². The number of halogens is 1. The fourth-order valence-corrected chi connectivity index (χ4v) is 3.01. The molecule has 148 valence electrons. The lowest BCUT2D eigenvalue weighted by atomic mass is 9.98. The maximum absolute atomic E-state index is 13.1. The van der Waals surface area contributed by atoms with Crippen molar-refractivity contribution in [2.24, 2.45) is 0 Å². The van der Waals surface area contributed by atoms with Gasteiger partial charge in [-0.2, -0.15) is 0 Å². The van der Waals surface area contributed by atoms with Gasteiger partial charge in [0.15, 0.2) is 17.3 Å². The molecular formula is C20H33ClN2O3. The number of nitrogens with one attached hydrogen (secondary N) is 1. The molecule has 1 unspecified atom stereocenters. The van der Waals surface area contributed by atoms with E-state index in [1.807, 2.05) is 26.0 Å². The summed E-state index contributed by atoms with van der Waals surface area (Å²) in [6.45, 7) is 12.1. The molecule has 6 heteroatoms. The highest BCUT2D eigenvalue weighted by Gasteiger charge is 2.26. The van der Waals surface area contributed by atoms with E-state index in [1.165, 1.54) is 0 Å². The van der Waals surface area contributed by atoms with Crippen LogP contribution in [0.2, 0.25) is 0 Å². The number of nitrogens with zero attached hydrogens (tertiary/aromatic N) is 1. The van der Waals surface area contributed by atoms with Gasteiger partial charge in [0.05, 0.1) is 19.3 Å². The van der Waals surface area contributed by atoms with Crippen LogP contribution < -0.4 is 14.8 Å². The van der Waals surface area contributed by atoms with E-state index in [0.717, 1.165) is 55.9 Å². The zero-order valence-corrected chi connectivity index (χ0v) is 17.3. The van der Waals surface area contributed by atoms with Crippen LogP contribution in [0.4, 0.5) is 0 Å². The summed E-state index contributed by atoms with van der Waals surface area (Å²) in [4.78, 5) is 15.2. The lowest BCUT2D eigenvalue weighted by molar-refractivity contribution is 0.0795. The summed E-state index contributed by atoms with van der Waals surface area (Å²) in [5.41, 5.74) is 1.67. The van der Waals surface area contributed by atoms with E-state index in [4.69, 9.17) is 9.47 Å². The molecule has 1 fully saturated rings. The summed E-state index contributed by atoms with van der Waals surface area (Å²) in [5.74, 6) is 1.55. The highest BCUT2D eigenvalue weighted by Crippen LogP contribution is 2.32. The quantitative estimate of drug-likeness (QED) is 0.656. The molecule has 1 aliphatic rings. The van der Waals surface area contributed by atoms with E-state index < -0.39 is 0 Å². The Bertz CT molecular complexity index is 574. The molecule has 1 N–H and O–H groups in total. The predicted molar refractivity (Wildman–Crippen MR) is 108 cm³/mol. The van der Waals surface area contributed by atoms with Gasteiger partial charge in [-0.15, -0.1) is 12.4 Å². The molecule has 0 spiro atoms. The molecule has 1 saturated heterocycles. The first-order chi connectivity index (χ1) is 12.1. The fraction of sp³-hybridized carbons (Fsp3) is 0.650. The lowest BCUT2D eigenvalue weighted by Crippen LogP contribution is -2.49. The number of hydrogen-bond donors (Lipinski definition) is 1. The number of rotatable bonds is 9. The van der Waals surface area contributed by atoms with Gasteiger partial charge in [-0.25, -0.2) is 0 Å². The Balaban J connectivity index is 0.00000338. The minimum atomic E-state index is -0.145. The highest BCUT2D eigenvalue weighted by atomic mass is 35.5. The molecule has 1 heterocycles. The molecule has 2 rings (SSSR count). The van der Waals surface area contributed by atoms with Crippen molar-refractivity contribution in [2.45, 2.75) is 53.0 Å². The number of carbonyl (C=O) groups is 1. The molecule has 1 aromatic rings. The second kappa shape index (κ2) is 11.4. The van der Waals surface area contributed by atoms with Gasteiger partial charge in [-0.05, 0) is 57.4 Å². The number of benzene rings is 1. The van der Waals surface area contributed by atoms with Gasteiger partial charge in [-0.3, -0.25) is 9.69 Å². The van der Waals surface area contributed by atoms with Crippen LogP contribution in [0.15, 0.2) is 12.1 Å². The second-order valence-corrected chi connectivity index (χ2v) is 6.68. The molecule has 5 nitrogen and oxygen atoms in total. The second-order valence-electron chi connectivity index (χ2n) is 6.68. The molecule has 1 aliphatic heterocycles. The van der Waals surface area contributed by atoms with Crippen LogP contribution in [-0.2, 0) is 0 Å². The zero-order valence-electron chi connectivity index (χ0n) is 16.5. The van der Waals surface area contributed by atoms with Crippen LogP contribution in [0.1, 0.15) is 56.0 Å². The van der Waals surface area contributed by atoms with Crippen LogP contribution in [0.3, 0.4) is 0 Å². The third-order valence-electron chi connectivity index (χ3n) is 4.52. The van der Waals surface area contributed by atoms with Crippen molar-refractivity contribution in [2.75, 3.05) is 33.0 Å². The van der Waals surface area contributed by atoms with Gasteiger partial charge < -0.3 is 14.8 Å². The standard InChI is InChI=1S/C20H32N2O3.ClH/c1-5-10-24-18-12-15(3)17(13-19(18)25-11-6-2)20(23)16(4)22-9-7-8-21-14-22;/h12-13,16,21H,5-11,14H2,1-4H3;1H. The van der Waals surface area contributed by atoms with Crippen molar-refractivity contribution in [3.05, 3.63) is 23.3 Å². The summed E-state index contributed by atoms with van der Waals surface area (Å²) in [7, 11) is 0. The molecule has 0 amide bonds. The average Bonchev–Trinajstić information content (AvgIpc) is 2.65. The van der Waals surface area contributed by atoms with Crippen molar-refractivity contribution >= 4 is 18.2 Å². The minimum absolute atomic E-state index is 0. The summed E-state index contributed by atoms with van der Waals surface area (Å²) >= 11 is 0. The summed E-state index contributed by atoms with van der Waals surface area (Å²) < 4.78 is 11.7. The van der Waals surface area contributed by atoms with Gasteiger partial charge in [-0.1, -0.05) is 13.8 Å². The molecule has 1 atom stereocenters. The van der Waals surface area contributed by atoms with E-state index >= 15 is 0 Å². The summed E-state index contributed by atoms with van der Waals surface area (Å²) in [6.07, 6.45) is 2.93. The van der Waals surface area contributed by atoms with Crippen molar-refractivity contribution in [3.8, 4) is 11.5 Å². The first-order valence-corrected chi connectivity index (χ1v) is 9.47. The Hall–Kier alpha value is -1.30. The Morgan fingerprint density at radius 3 is 2.35 bits per heavy atom. The van der Waals surface area contributed by atoms with Gasteiger partial charge in [0, 0.05) is 18.8 Å². The van der Waals surface area contributed by atoms with E-state index in [-0.39, 0.29) is 24.2 Å². The SMILES string of the molecule is CCCOc1cc(C)c(C(=O)C(C)N2CCCNC2)cc1OCCC.Cl. The normalized spacial score (nSPS) is 15.8. The number of hydrogen-bond acceptors (Lipinski definition) is 5. The van der Waals surface area contributed by atoms with Crippen LogP contribution >= 0.6 is 12.4 Å². The molecule has 0 radical (unpaired) electrons. The van der Waals surface area contributed by atoms with Crippen molar-refractivity contribution < 1.29 is 14.3 Å². The van der Waals surface area contributed by atoms with E-state index in [0.29, 0.717) is 19.0 Å². The van der Waals surface area contributed by atoms with E-state index in [2.05, 4.69) is 24.1 Å². The van der Waals surface area contributed by atoms with Crippen LogP contribution in [-0.4, -0.2) is 49.7 Å². The molecule has 1 aromatic carbocycles. The largest absolute Gasteiger partial charge is 0.490 e. The first kappa shape index (κ1) is 22.7. The smallest absolute Gasteiger partial charge is 0.180 e. The van der Waals surface area contributed by atoms with Gasteiger partial charge in [0.2, 0.25) is 0 Å². The maximum Gasteiger partial charge on any atom is 0.180 e. The van der Waals surface area contributed by atoms with Gasteiger partial charge in [0.1, 0.15) is 0 Å². The first-order valence-electron chi connectivity index (χ1n) is 9.47. The molecule has 26 heavy (non-hydrogen) atoms. The number of ether oxygens (including phenoxy) is 2. The Labute approximate surface area is 163 Å². The van der Waals surface area contributed by atoms with E-state index in [1.54, 1.807) is 0 Å². The average molecular weight is 385 g/mol. The molecule has 0 bridgehead atoms. The summed E-state index contributed by atoms with van der Waals surface area (Å²) in [5, 5.41) is 3.34. The van der Waals surface area contributed by atoms with Crippen LogP contribution in [0.25, 0.3) is 0 Å². The maximum atomic E-state index is 13.1. The predicted octanol–water partition coefficient (Wildman–Crippen LogP) is 3.82. The molecule has 0 saturated carbocycles. The Morgan fingerprint density at radius 2 is 1.81 bits per heavy atom. The van der Waals surface area contributed by atoms with Crippen LogP contribution in [0.5, 0.6) is 11.5 Å².